The monoisotopic (exact) mass is 537 g/mol. The highest BCUT2D eigenvalue weighted by Gasteiger charge is 2.26. The number of anilines is 1. The van der Waals surface area contributed by atoms with E-state index in [0.29, 0.717) is 38.1 Å². The molecular weight excluding hydrogens is 506 g/mol. The molecule has 1 aliphatic rings. The number of thiazole rings is 1. The number of benzene rings is 3. The van der Waals surface area contributed by atoms with Crippen molar-refractivity contribution in [3.05, 3.63) is 87.8 Å². The molecule has 0 aliphatic carbocycles. The van der Waals surface area contributed by atoms with Crippen LogP contribution in [0.25, 0.3) is 22.4 Å². The van der Waals surface area contributed by atoms with Crippen molar-refractivity contribution in [1.82, 2.24) is 4.98 Å². The minimum absolute atomic E-state index is 0.261. The summed E-state index contributed by atoms with van der Waals surface area (Å²) in [5.41, 5.74) is 9.21. The minimum atomic E-state index is -0.703. The summed E-state index contributed by atoms with van der Waals surface area (Å²) in [5, 5.41) is 21.4. The van der Waals surface area contributed by atoms with Crippen LogP contribution in [0.3, 0.4) is 0 Å². The average Bonchev–Trinajstić information content (AvgIpc) is 3.43. The number of ether oxygens (including phenoxy) is 1. The Balaban J connectivity index is 1.32. The number of carboxylic acid groups (broad SMARTS) is 1. The quantitative estimate of drug-likeness (QED) is 0.269. The number of nitrogens with zero attached hydrogens (tertiary/aromatic N) is 3. The number of carbonyl (C=O) groups is 1. The van der Waals surface area contributed by atoms with Crippen LogP contribution in [-0.2, 0) is 11.4 Å². The lowest BCUT2D eigenvalue weighted by atomic mass is 9.96. The van der Waals surface area contributed by atoms with E-state index in [1.807, 2.05) is 37.3 Å². The van der Waals surface area contributed by atoms with E-state index < -0.39 is 5.97 Å². The molecular formula is C32H31N3O3S. The van der Waals surface area contributed by atoms with Gasteiger partial charge >= 0.3 is 5.97 Å². The van der Waals surface area contributed by atoms with Crippen molar-refractivity contribution in [2.45, 2.75) is 40.2 Å². The van der Waals surface area contributed by atoms with E-state index in [2.05, 4.69) is 54.5 Å². The van der Waals surface area contributed by atoms with Crippen LogP contribution in [-0.4, -0.2) is 29.1 Å². The summed E-state index contributed by atoms with van der Waals surface area (Å²) in [6.07, 6.45) is 1.29. The van der Waals surface area contributed by atoms with Gasteiger partial charge in [-0.2, -0.15) is 5.26 Å². The number of nitriles is 1. The second-order valence-corrected chi connectivity index (χ2v) is 11.0. The van der Waals surface area contributed by atoms with Crippen LogP contribution in [0.15, 0.2) is 60.0 Å². The zero-order chi connectivity index (χ0) is 27.5. The van der Waals surface area contributed by atoms with Crippen molar-refractivity contribution in [3.8, 4) is 34.2 Å². The summed E-state index contributed by atoms with van der Waals surface area (Å²) in [5.74, 6) is -0.179. The normalized spacial score (nSPS) is 13.7. The van der Waals surface area contributed by atoms with Crippen LogP contribution in [0.5, 0.6) is 5.75 Å². The summed E-state index contributed by atoms with van der Waals surface area (Å²) >= 11 is 1.59. The van der Waals surface area contributed by atoms with Crippen molar-refractivity contribution in [2.24, 2.45) is 5.92 Å². The Morgan fingerprint density at radius 2 is 1.85 bits per heavy atom. The molecule has 4 aromatic rings. The molecule has 3 aromatic carbocycles. The van der Waals surface area contributed by atoms with Gasteiger partial charge in [-0.15, -0.1) is 11.3 Å². The Labute approximate surface area is 233 Å². The van der Waals surface area contributed by atoms with Gasteiger partial charge in [-0.05, 0) is 85.7 Å². The van der Waals surface area contributed by atoms with Crippen LogP contribution in [0.4, 0.5) is 5.13 Å². The number of aryl methyl sites for hydroxylation is 3. The highest BCUT2D eigenvalue weighted by Crippen LogP contribution is 2.36. The number of aliphatic carboxylic acids is 1. The molecule has 1 saturated heterocycles. The van der Waals surface area contributed by atoms with Gasteiger partial charge in [0.05, 0.1) is 23.2 Å². The molecule has 0 amide bonds. The Morgan fingerprint density at radius 1 is 1.05 bits per heavy atom. The summed E-state index contributed by atoms with van der Waals surface area (Å²) in [6.45, 7) is 8.04. The highest BCUT2D eigenvalue weighted by atomic mass is 32.1. The van der Waals surface area contributed by atoms with Crippen LogP contribution >= 0.6 is 11.3 Å². The van der Waals surface area contributed by atoms with Gasteiger partial charge in [0.25, 0.3) is 0 Å². The molecule has 198 valence electrons. The van der Waals surface area contributed by atoms with Crippen LogP contribution < -0.4 is 9.64 Å². The highest BCUT2D eigenvalue weighted by molar-refractivity contribution is 7.14. The predicted molar refractivity (Wildman–Crippen MR) is 155 cm³/mol. The molecule has 0 spiro atoms. The fourth-order valence-electron chi connectivity index (χ4n) is 5.06. The average molecular weight is 538 g/mol. The Morgan fingerprint density at radius 3 is 2.54 bits per heavy atom. The van der Waals surface area contributed by atoms with Crippen molar-refractivity contribution in [2.75, 3.05) is 18.0 Å². The van der Waals surface area contributed by atoms with E-state index in [1.54, 1.807) is 11.3 Å². The smallest absolute Gasteiger partial charge is 0.306 e. The van der Waals surface area contributed by atoms with Gasteiger partial charge < -0.3 is 14.7 Å². The number of hydrogen-bond acceptors (Lipinski definition) is 6. The Bertz CT molecular complexity index is 1560. The minimum Gasteiger partial charge on any atom is -0.488 e. The maximum absolute atomic E-state index is 11.3. The first-order valence-corrected chi connectivity index (χ1v) is 14.0. The molecule has 6 nitrogen and oxygen atoms in total. The maximum Gasteiger partial charge on any atom is 0.306 e. The molecule has 0 saturated carbocycles. The molecule has 1 fully saturated rings. The van der Waals surface area contributed by atoms with Gasteiger partial charge in [0.1, 0.15) is 12.4 Å². The third-order valence-corrected chi connectivity index (χ3v) is 8.31. The second-order valence-electron chi connectivity index (χ2n) is 10.2. The molecule has 0 unspecified atom stereocenters. The number of carboxylic acids is 1. The maximum atomic E-state index is 11.3. The lowest BCUT2D eigenvalue weighted by Gasteiger charge is -2.29. The zero-order valence-corrected chi connectivity index (χ0v) is 23.2. The molecule has 1 N–H and O–H groups in total. The van der Waals surface area contributed by atoms with E-state index in [-0.39, 0.29) is 5.92 Å². The lowest BCUT2D eigenvalue weighted by molar-refractivity contribution is -0.142. The molecule has 2 heterocycles. The van der Waals surface area contributed by atoms with Gasteiger partial charge in [-0.1, -0.05) is 35.9 Å². The van der Waals surface area contributed by atoms with Gasteiger partial charge in [-0.25, -0.2) is 4.98 Å². The number of piperidine rings is 1. The molecule has 0 bridgehead atoms. The molecule has 0 radical (unpaired) electrons. The van der Waals surface area contributed by atoms with Crippen LogP contribution in [0.1, 0.15) is 40.7 Å². The van der Waals surface area contributed by atoms with Gasteiger partial charge in [0.15, 0.2) is 5.13 Å². The number of hydrogen-bond donors (Lipinski definition) is 1. The number of rotatable bonds is 7. The van der Waals surface area contributed by atoms with Gasteiger partial charge in [0.2, 0.25) is 0 Å². The fraction of sp³-hybridized carbons (Fsp3) is 0.281. The van der Waals surface area contributed by atoms with Gasteiger partial charge in [0, 0.05) is 24.0 Å². The molecule has 1 aromatic heterocycles. The summed E-state index contributed by atoms with van der Waals surface area (Å²) < 4.78 is 6.36. The number of aromatic nitrogens is 1. The van der Waals surface area contributed by atoms with E-state index in [1.165, 1.54) is 0 Å². The first-order valence-electron chi connectivity index (χ1n) is 13.1. The first-order chi connectivity index (χ1) is 18.8. The van der Waals surface area contributed by atoms with E-state index in [9.17, 15) is 9.90 Å². The SMILES string of the molecule is Cc1ccc(OCc2ccc(-c3ccc(C#N)cc3C)cc2C)c(-c2csc(N3CCC(C(=O)O)CC3)n2)c1. The summed E-state index contributed by atoms with van der Waals surface area (Å²) in [4.78, 5) is 18.4. The van der Waals surface area contributed by atoms with E-state index in [0.717, 1.165) is 55.5 Å². The topological polar surface area (TPSA) is 86.5 Å². The molecule has 39 heavy (non-hydrogen) atoms. The third kappa shape index (κ3) is 5.81. The Hall–Kier alpha value is -4.15. The zero-order valence-electron chi connectivity index (χ0n) is 22.4. The Kier molecular flexibility index (Phi) is 7.67. The van der Waals surface area contributed by atoms with Crippen LogP contribution in [0.2, 0.25) is 0 Å². The molecule has 1 aliphatic heterocycles. The largest absolute Gasteiger partial charge is 0.488 e. The first kappa shape index (κ1) is 26.5. The predicted octanol–water partition coefficient (Wildman–Crippen LogP) is 7.15. The molecule has 5 rings (SSSR count). The summed E-state index contributed by atoms with van der Waals surface area (Å²) in [6, 6.07) is 20.5. The molecule has 0 atom stereocenters. The fourth-order valence-corrected chi connectivity index (χ4v) is 5.94. The third-order valence-electron chi connectivity index (χ3n) is 7.41. The van der Waals surface area contributed by atoms with Gasteiger partial charge in [-0.3, -0.25) is 4.79 Å². The second kappa shape index (κ2) is 11.3. The van der Waals surface area contributed by atoms with E-state index in [4.69, 9.17) is 15.0 Å². The van der Waals surface area contributed by atoms with Crippen molar-refractivity contribution < 1.29 is 14.6 Å². The van der Waals surface area contributed by atoms with Crippen LogP contribution in [0, 0.1) is 38.0 Å². The van der Waals surface area contributed by atoms with Crippen molar-refractivity contribution >= 4 is 22.4 Å². The van der Waals surface area contributed by atoms with Crippen molar-refractivity contribution in [3.63, 3.8) is 0 Å². The molecule has 7 heteroatoms. The van der Waals surface area contributed by atoms with E-state index >= 15 is 0 Å². The van der Waals surface area contributed by atoms with Crippen molar-refractivity contribution in [1.29, 1.82) is 5.26 Å². The summed E-state index contributed by atoms with van der Waals surface area (Å²) in [7, 11) is 0. The standard InChI is InChI=1S/C32H31N3O3S/c1-20-4-9-30(28(14-20)29-19-39-32(34-29)35-12-10-24(11-13-35)31(36)37)38-18-26-7-6-25(16-21(26)2)27-8-5-23(17-33)15-22(27)3/h4-9,14-16,19,24H,10-13,18H2,1-3H3,(H,36,37). The lowest BCUT2D eigenvalue weighted by Crippen LogP contribution is -2.36.